The number of ether oxygens (including phenoxy) is 3. The summed E-state index contributed by atoms with van der Waals surface area (Å²) in [6.07, 6.45) is 42.8. The highest BCUT2D eigenvalue weighted by atomic mass is 16.6. The van der Waals surface area contributed by atoms with Crippen LogP contribution >= 0.6 is 0 Å². The van der Waals surface area contributed by atoms with Crippen molar-refractivity contribution in [2.45, 2.75) is 167 Å². The quantitative estimate of drug-likeness (QED) is 0.0273. The molecule has 0 rings (SSSR count). The topological polar surface area (TPSA) is 102 Å². The number of carbonyl (C=O) groups excluding carboxylic acids is 3. The van der Waals surface area contributed by atoms with Crippen LogP contribution in [0.3, 0.4) is 0 Å². The van der Waals surface area contributed by atoms with Gasteiger partial charge in [0.25, 0.3) is 0 Å². The summed E-state index contributed by atoms with van der Waals surface area (Å²) in [5, 5.41) is 11.6. The molecule has 0 saturated carbocycles. The lowest BCUT2D eigenvalue weighted by Gasteiger charge is -2.34. The molecule has 2 atom stereocenters. The number of allylic oxidation sites excluding steroid dienone is 10. The Hall–Kier alpha value is -2.97. The third-order valence-electron chi connectivity index (χ3n) is 8.90. The van der Waals surface area contributed by atoms with Gasteiger partial charge in [-0.3, -0.25) is 9.59 Å². The monoisotopic (exact) mass is 744 g/mol. The number of hydrogen-bond donors (Lipinski definition) is 0. The van der Waals surface area contributed by atoms with Crippen molar-refractivity contribution in [1.29, 1.82) is 0 Å². The summed E-state index contributed by atoms with van der Waals surface area (Å²) in [5.74, 6) is -1.82. The molecule has 0 aliphatic heterocycles. The SMILES string of the molecule is CC/C=C/C/C=C/C/C=C/C/C=C/CCCCCCCCCCCC(=O)OC(COCCC(C(=O)[O-])[N+](C)(C)C)COC(=O)CC/C=C/CCCCC. The van der Waals surface area contributed by atoms with Crippen LogP contribution < -0.4 is 5.11 Å². The molecule has 0 amide bonds. The third kappa shape index (κ3) is 34.5. The van der Waals surface area contributed by atoms with Gasteiger partial charge in [-0.15, -0.1) is 0 Å². The lowest BCUT2D eigenvalue weighted by Crippen LogP contribution is -2.55. The summed E-state index contributed by atoms with van der Waals surface area (Å²) in [4.78, 5) is 36.6. The van der Waals surface area contributed by atoms with Gasteiger partial charge in [0, 0.05) is 19.3 Å². The Bertz CT molecular complexity index is 1050. The second kappa shape index (κ2) is 36.0. The number of carboxylic acids is 1. The third-order valence-corrected chi connectivity index (χ3v) is 8.90. The van der Waals surface area contributed by atoms with Gasteiger partial charge < -0.3 is 28.6 Å². The lowest BCUT2D eigenvalue weighted by atomic mass is 10.1. The molecule has 0 aliphatic rings. The molecule has 0 spiro atoms. The maximum absolute atomic E-state index is 12.7. The number of likely N-dealkylation sites (N-methyl/N-ethyl adjacent to an activating group) is 1. The van der Waals surface area contributed by atoms with Crippen LogP contribution in [0.2, 0.25) is 0 Å². The van der Waals surface area contributed by atoms with Crippen LogP contribution in [0.4, 0.5) is 0 Å². The van der Waals surface area contributed by atoms with E-state index in [1.165, 1.54) is 51.4 Å². The normalized spacial score (nSPS) is 13.6. The first kappa shape index (κ1) is 50.0. The summed E-state index contributed by atoms with van der Waals surface area (Å²) in [7, 11) is 5.38. The molecule has 0 aromatic rings. The first-order valence-electron chi connectivity index (χ1n) is 20.8. The molecule has 0 radical (unpaired) electrons. The van der Waals surface area contributed by atoms with Gasteiger partial charge >= 0.3 is 11.9 Å². The van der Waals surface area contributed by atoms with Gasteiger partial charge in [-0.05, 0) is 64.2 Å². The Morgan fingerprint density at radius 2 is 1.09 bits per heavy atom. The van der Waals surface area contributed by atoms with Gasteiger partial charge in [0.1, 0.15) is 12.6 Å². The van der Waals surface area contributed by atoms with Gasteiger partial charge in [-0.2, -0.15) is 0 Å². The van der Waals surface area contributed by atoms with Crippen molar-refractivity contribution in [2.75, 3.05) is 41.0 Å². The standard InChI is InChI=1S/C45H77NO7/c1-6-8-10-12-14-15-16-17-18-19-20-21-22-23-24-25-26-27-28-30-32-34-36-44(48)53-41(39-51-38-37-42(45(49)50)46(3,4)5)40-52-43(47)35-33-31-29-13-11-9-7-2/h8,10,14-15,17-18,20-21,29,31,41-42H,6-7,9,11-13,16,19,22-28,30,32-40H2,1-5H3/b10-8+,15-14+,18-17+,21-20+,31-29+. The second-order valence-corrected chi connectivity index (χ2v) is 14.8. The van der Waals surface area contributed by atoms with Gasteiger partial charge in [0.05, 0.1) is 40.3 Å². The summed E-state index contributed by atoms with van der Waals surface area (Å²) in [6.45, 7) is 4.42. The molecule has 8 heteroatoms. The Morgan fingerprint density at radius 3 is 1.66 bits per heavy atom. The number of hydrogen-bond acceptors (Lipinski definition) is 7. The van der Waals surface area contributed by atoms with E-state index in [0.29, 0.717) is 12.8 Å². The first-order valence-corrected chi connectivity index (χ1v) is 20.8. The van der Waals surface area contributed by atoms with Crippen LogP contribution in [-0.2, 0) is 28.6 Å². The van der Waals surface area contributed by atoms with Crippen molar-refractivity contribution >= 4 is 17.9 Å². The van der Waals surface area contributed by atoms with E-state index in [0.717, 1.165) is 64.2 Å². The zero-order chi connectivity index (χ0) is 39.3. The van der Waals surface area contributed by atoms with Crippen LogP contribution in [-0.4, -0.2) is 75.5 Å². The molecule has 0 N–H and O–H groups in total. The minimum atomic E-state index is -1.13. The minimum absolute atomic E-state index is 0.0245. The Balaban J connectivity index is 4.25. The Labute approximate surface area is 324 Å². The van der Waals surface area contributed by atoms with Crippen molar-refractivity contribution < 1.29 is 38.2 Å². The highest BCUT2D eigenvalue weighted by molar-refractivity contribution is 5.70. The van der Waals surface area contributed by atoms with E-state index in [2.05, 4.69) is 68.5 Å². The molecule has 0 bridgehead atoms. The zero-order valence-electron chi connectivity index (χ0n) is 34.4. The van der Waals surface area contributed by atoms with Crippen LogP contribution in [0.5, 0.6) is 0 Å². The predicted molar refractivity (Wildman–Crippen MR) is 217 cm³/mol. The fraction of sp³-hybridized carbons (Fsp3) is 0.711. The van der Waals surface area contributed by atoms with Crippen molar-refractivity contribution in [1.82, 2.24) is 0 Å². The number of aliphatic carboxylic acids is 1. The van der Waals surface area contributed by atoms with E-state index in [-0.39, 0.29) is 49.1 Å². The number of nitrogens with zero attached hydrogens (tertiary/aromatic N) is 1. The number of unbranched alkanes of at least 4 members (excludes halogenated alkanes) is 12. The van der Waals surface area contributed by atoms with E-state index in [1.54, 1.807) is 21.1 Å². The molecule has 53 heavy (non-hydrogen) atoms. The fourth-order valence-corrected chi connectivity index (χ4v) is 5.67. The van der Waals surface area contributed by atoms with Crippen LogP contribution in [0, 0.1) is 0 Å². The molecule has 0 saturated heterocycles. The molecule has 304 valence electrons. The molecule has 8 nitrogen and oxygen atoms in total. The number of carbonyl (C=O) groups is 3. The highest BCUT2D eigenvalue weighted by Gasteiger charge is 2.25. The molecular formula is C45H77NO7. The fourth-order valence-electron chi connectivity index (χ4n) is 5.67. The van der Waals surface area contributed by atoms with Gasteiger partial charge in [0.15, 0.2) is 6.10 Å². The summed E-state index contributed by atoms with van der Waals surface area (Å²) in [5.41, 5.74) is 0. The molecule has 0 aromatic heterocycles. The number of carboxylic acid groups (broad SMARTS) is 1. The minimum Gasteiger partial charge on any atom is -0.544 e. The highest BCUT2D eigenvalue weighted by Crippen LogP contribution is 2.13. The molecular weight excluding hydrogens is 666 g/mol. The molecule has 0 aliphatic carbocycles. The van der Waals surface area contributed by atoms with Gasteiger partial charge in [-0.1, -0.05) is 132 Å². The van der Waals surface area contributed by atoms with Crippen LogP contribution in [0.15, 0.2) is 60.8 Å². The number of quaternary nitrogens is 1. The largest absolute Gasteiger partial charge is 0.544 e. The van der Waals surface area contributed by atoms with Crippen molar-refractivity contribution in [3.05, 3.63) is 60.8 Å². The molecule has 2 unspecified atom stereocenters. The molecule has 0 fully saturated rings. The van der Waals surface area contributed by atoms with Gasteiger partial charge in [0.2, 0.25) is 0 Å². The smallest absolute Gasteiger partial charge is 0.306 e. The molecule has 0 heterocycles. The maximum Gasteiger partial charge on any atom is 0.306 e. The first-order chi connectivity index (χ1) is 25.6. The number of esters is 2. The Kier molecular flexibility index (Phi) is 34.0. The van der Waals surface area contributed by atoms with E-state index >= 15 is 0 Å². The van der Waals surface area contributed by atoms with Gasteiger partial charge in [-0.25, -0.2) is 0 Å². The average molecular weight is 744 g/mol. The number of rotatable bonds is 36. The average Bonchev–Trinajstić information content (AvgIpc) is 3.11. The van der Waals surface area contributed by atoms with Crippen molar-refractivity contribution in [3.63, 3.8) is 0 Å². The van der Waals surface area contributed by atoms with E-state index in [9.17, 15) is 19.5 Å². The van der Waals surface area contributed by atoms with Crippen molar-refractivity contribution in [3.8, 4) is 0 Å². The van der Waals surface area contributed by atoms with E-state index < -0.39 is 18.1 Å². The van der Waals surface area contributed by atoms with Crippen LogP contribution in [0.1, 0.15) is 155 Å². The predicted octanol–water partition coefficient (Wildman–Crippen LogP) is 9.69. The maximum atomic E-state index is 12.7. The van der Waals surface area contributed by atoms with E-state index in [4.69, 9.17) is 14.2 Å². The summed E-state index contributed by atoms with van der Waals surface area (Å²) < 4.78 is 17.0. The second-order valence-electron chi connectivity index (χ2n) is 14.8. The summed E-state index contributed by atoms with van der Waals surface area (Å²) in [6, 6.07) is -0.731. The van der Waals surface area contributed by atoms with Crippen LogP contribution in [0.25, 0.3) is 0 Å². The summed E-state index contributed by atoms with van der Waals surface area (Å²) >= 11 is 0. The Morgan fingerprint density at radius 1 is 0.585 bits per heavy atom. The molecule has 0 aromatic carbocycles. The van der Waals surface area contributed by atoms with E-state index in [1.807, 2.05) is 6.08 Å². The zero-order valence-corrected chi connectivity index (χ0v) is 34.4. The lowest BCUT2D eigenvalue weighted by molar-refractivity contribution is -0.889. The van der Waals surface area contributed by atoms with Crippen molar-refractivity contribution in [2.24, 2.45) is 0 Å².